The number of nitrogens with zero attached hydrogens (tertiary/aromatic N) is 2. The van der Waals surface area contributed by atoms with E-state index >= 15 is 0 Å². The van der Waals surface area contributed by atoms with Crippen molar-refractivity contribution in [1.82, 2.24) is 9.97 Å². The van der Waals surface area contributed by atoms with Gasteiger partial charge in [-0.2, -0.15) is 0 Å². The number of rotatable bonds is 3. The fraction of sp³-hybridized carbons (Fsp3) is 0.200. The molecule has 0 bridgehead atoms. The maximum atomic E-state index is 5.63. The number of thiazole rings is 1. The molecule has 0 fully saturated rings. The van der Waals surface area contributed by atoms with Crippen LogP contribution in [-0.4, -0.2) is 9.97 Å². The number of nitrogens with two attached hydrogens (primary N) is 2. The molecule has 2 aromatic rings. The summed E-state index contributed by atoms with van der Waals surface area (Å²) in [5.41, 5.74) is 11.7. The van der Waals surface area contributed by atoms with Gasteiger partial charge in [-0.15, -0.1) is 11.3 Å². The molecule has 0 aliphatic carbocycles. The van der Waals surface area contributed by atoms with Crippen molar-refractivity contribution in [3.8, 4) is 0 Å². The summed E-state index contributed by atoms with van der Waals surface area (Å²) in [6.45, 7) is 2.02. The number of hydrogen-bond acceptors (Lipinski definition) is 6. The Morgan fingerprint density at radius 1 is 1.38 bits per heavy atom. The molecule has 2 aromatic heterocycles. The second-order valence-electron chi connectivity index (χ2n) is 3.41. The Labute approximate surface area is 97.5 Å². The van der Waals surface area contributed by atoms with Crippen LogP contribution in [0.1, 0.15) is 18.0 Å². The summed E-state index contributed by atoms with van der Waals surface area (Å²) in [5, 5.41) is 6.17. The van der Waals surface area contributed by atoms with Gasteiger partial charge in [-0.3, -0.25) is 0 Å². The largest absolute Gasteiger partial charge is 0.396 e. The zero-order valence-corrected chi connectivity index (χ0v) is 9.66. The van der Waals surface area contributed by atoms with Gasteiger partial charge >= 0.3 is 0 Å². The van der Waals surface area contributed by atoms with Crippen LogP contribution in [0.4, 0.5) is 17.3 Å². The van der Waals surface area contributed by atoms with E-state index in [4.69, 9.17) is 11.5 Å². The normalized spacial score (nSPS) is 12.3. The van der Waals surface area contributed by atoms with Gasteiger partial charge in [0, 0.05) is 11.6 Å². The number of nitrogen functional groups attached to an aromatic ring is 2. The maximum Gasteiger partial charge on any atom is 0.149 e. The summed E-state index contributed by atoms with van der Waals surface area (Å²) in [6, 6.07) is 3.64. The van der Waals surface area contributed by atoms with Crippen LogP contribution in [0.15, 0.2) is 23.7 Å². The minimum absolute atomic E-state index is 0.107. The summed E-state index contributed by atoms with van der Waals surface area (Å²) in [5.74, 6) is 1.05. The molecule has 5 nitrogen and oxygen atoms in total. The van der Waals surface area contributed by atoms with Gasteiger partial charge < -0.3 is 16.8 Å². The summed E-state index contributed by atoms with van der Waals surface area (Å²) in [7, 11) is 0. The van der Waals surface area contributed by atoms with E-state index in [0.717, 1.165) is 5.01 Å². The van der Waals surface area contributed by atoms with Gasteiger partial charge in [-0.05, 0) is 19.1 Å². The molecule has 5 N–H and O–H groups in total. The standard InChI is InChI=1S/C10H13N5S/c1-6(10-13-4-5-16-10)14-8-3-2-7(11)9(12)15-8/h2-6H,11H2,1H3,(H3,12,14,15). The number of hydrogen-bond donors (Lipinski definition) is 3. The van der Waals surface area contributed by atoms with E-state index in [2.05, 4.69) is 15.3 Å². The van der Waals surface area contributed by atoms with Crippen molar-refractivity contribution in [2.75, 3.05) is 16.8 Å². The first-order valence-electron chi connectivity index (χ1n) is 4.84. The molecule has 2 heterocycles. The van der Waals surface area contributed by atoms with Crippen LogP contribution in [0, 0.1) is 0 Å². The topological polar surface area (TPSA) is 89.8 Å². The van der Waals surface area contributed by atoms with Crippen molar-refractivity contribution >= 4 is 28.7 Å². The second kappa shape index (κ2) is 4.36. The van der Waals surface area contributed by atoms with Crippen molar-refractivity contribution in [2.45, 2.75) is 13.0 Å². The molecule has 0 saturated heterocycles. The highest BCUT2D eigenvalue weighted by molar-refractivity contribution is 7.09. The monoisotopic (exact) mass is 235 g/mol. The molecule has 0 aromatic carbocycles. The first-order chi connectivity index (χ1) is 7.66. The van der Waals surface area contributed by atoms with E-state index in [1.165, 1.54) is 0 Å². The van der Waals surface area contributed by atoms with E-state index in [1.54, 1.807) is 29.7 Å². The molecule has 1 atom stereocenters. The van der Waals surface area contributed by atoms with E-state index in [1.807, 2.05) is 12.3 Å². The van der Waals surface area contributed by atoms with Crippen LogP contribution in [-0.2, 0) is 0 Å². The van der Waals surface area contributed by atoms with Crippen LogP contribution in [0.2, 0.25) is 0 Å². The number of aromatic nitrogens is 2. The minimum Gasteiger partial charge on any atom is -0.396 e. The average Bonchev–Trinajstić information content (AvgIpc) is 2.77. The van der Waals surface area contributed by atoms with E-state index in [9.17, 15) is 0 Å². The predicted octanol–water partition coefficient (Wildman–Crippen LogP) is 1.88. The highest BCUT2D eigenvalue weighted by atomic mass is 32.1. The third-order valence-electron chi connectivity index (χ3n) is 2.14. The molecule has 0 saturated carbocycles. The average molecular weight is 235 g/mol. The Bertz CT molecular complexity index is 468. The Kier molecular flexibility index (Phi) is 2.91. The Hall–Kier alpha value is -1.82. The summed E-state index contributed by atoms with van der Waals surface area (Å²) >= 11 is 1.60. The summed E-state index contributed by atoms with van der Waals surface area (Å²) in [4.78, 5) is 8.37. The molecule has 0 aliphatic heterocycles. The lowest BCUT2D eigenvalue weighted by Crippen LogP contribution is -2.09. The zero-order valence-electron chi connectivity index (χ0n) is 8.84. The van der Waals surface area contributed by atoms with Crippen LogP contribution in [0.3, 0.4) is 0 Å². The van der Waals surface area contributed by atoms with Gasteiger partial charge in [-0.25, -0.2) is 9.97 Å². The lowest BCUT2D eigenvalue weighted by molar-refractivity contribution is 0.861. The number of anilines is 3. The third kappa shape index (κ3) is 2.22. The minimum atomic E-state index is 0.107. The van der Waals surface area contributed by atoms with Crippen molar-refractivity contribution in [1.29, 1.82) is 0 Å². The van der Waals surface area contributed by atoms with Crippen LogP contribution < -0.4 is 16.8 Å². The molecule has 1 unspecified atom stereocenters. The molecule has 0 radical (unpaired) electrons. The van der Waals surface area contributed by atoms with Gasteiger partial charge in [0.15, 0.2) is 0 Å². The van der Waals surface area contributed by atoms with Crippen LogP contribution in [0.25, 0.3) is 0 Å². The van der Waals surface area contributed by atoms with E-state index in [0.29, 0.717) is 17.3 Å². The van der Waals surface area contributed by atoms with Crippen molar-refractivity contribution in [3.63, 3.8) is 0 Å². The van der Waals surface area contributed by atoms with E-state index < -0.39 is 0 Å². The Morgan fingerprint density at radius 2 is 2.19 bits per heavy atom. The molecular formula is C10H13N5S. The molecule has 0 aliphatic rings. The highest BCUT2D eigenvalue weighted by Crippen LogP contribution is 2.21. The maximum absolute atomic E-state index is 5.63. The van der Waals surface area contributed by atoms with Crippen LogP contribution >= 0.6 is 11.3 Å². The Morgan fingerprint density at radius 3 is 2.81 bits per heavy atom. The van der Waals surface area contributed by atoms with Gasteiger partial charge in [0.25, 0.3) is 0 Å². The highest BCUT2D eigenvalue weighted by Gasteiger charge is 2.08. The fourth-order valence-corrected chi connectivity index (χ4v) is 1.94. The van der Waals surface area contributed by atoms with Crippen molar-refractivity contribution < 1.29 is 0 Å². The number of nitrogens with one attached hydrogen (secondary N) is 1. The van der Waals surface area contributed by atoms with Crippen LogP contribution in [0.5, 0.6) is 0 Å². The quantitative estimate of drug-likeness (QED) is 0.755. The number of pyridine rings is 1. The first-order valence-corrected chi connectivity index (χ1v) is 5.72. The third-order valence-corrected chi connectivity index (χ3v) is 3.10. The molecule has 2 rings (SSSR count). The molecule has 0 spiro atoms. The smallest absolute Gasteiger partial charge is 0.149 e. The molecule has 84 valence electrons. The molecule has 16 heavy (non-hydrogen) atoms. The van der Waals surface area contributed by atoms with Crippen molar-refractivity contribution in [2.24, 2.45) is 0 Å². The van der Waals surface area contributed by atoms with E-state index in [-0.39, 0.29) is 6.04 Å². The van der Waals surface area contributed by atoms with Crippen molar-refractivity contribution in [3.05, 3.63) is 28.7 Å². The summed E-state index contributed by atoms with van der Waals surface area (Å²) in [6.07, 6.45) is 1.78. The fourth-order valence-electron chi connectivity index (χ4n) is 1.30. The second-order valence-corrected chi connectivity index (χ2v) is 4.33. The summed E-state index contributed by atoms with van der Waals surface area (Å²) < 4.78 is 0. The lowest BCUT2D eigenvalue weighted by atomic mass is 10.3. The Balaban J connectivity index is 2.12. The van der Waals surface area contributed by atoms with Gasteiger partial charge in [0.2, 0.25) is 0 Å². The lowest BCUT2D eigenvalue weighted by Gasteiger charge is -2.12. The van der Waals surface area contributed by atoms with Gasteiger partial charge in [0.05, 0.1) is 11.7 Å². The molecule has 0 amide bonds. The molecule has 6 heteroatoms. The first kappa shape index (κ1) is 10.7. The SMILES string of the molecule is CC(Nc1ccc(N)c(N)n1)c1nccs1. The zero-order chi connectivity index (χ0) is 11.5. The van der Waals surface area contributed by atoms with Gasteiger partial charge in [0.1, 0.15) is 16.6 Å². The molecular weight excluding hydrogens is 222 g/mol. The van der Waals surface area contributed by atoms with Gasteiger partial charge in [-0.1, -0.05) is 0 Å². The predicted molar refractivity (Wildman–Crippen MR) is 67.2 cm³/mol.